The maximum Gasteiger partial charge on any atom is 0.216 e. The summed E-state index contributed by atoms with van der Waals surface area (Å²) < 4.78 is 5.64. The summed E-state index contributed by atoms with van der Waals surface area (Å²) in [4.78, 5) is 8.67. The molecule has 0 spiro atoms. The van der Waals surface area contributed by atoms with Gasteiger partial charge in [-0.05, 0) is 18.8 Å². The van der Waals surface area contributed by atoms with E-state index in [1.165, 1.54) is 12.8 Å². The Bertz CT molecular complexity index is 495. The van der Waals surface area contributed by atoms with Gasteiger partial charge in [-0.25, -0.2) is 4.98 Å². The number of rotatable bonds is 4. The highest BCUT2D eigenvalue weighted by atomic mass is 16.5. The van der Waals surface area contributed by atoms with Crippen molar-refractivity contribution in [3.8, 4) is 17.3 Å². The molecule has 1 aliphatic rings. The molecule has 1 aromatic heterocycles. The van der Waals surface area contributed by atoms with Gasteiger partial charge in [0.15, 0.2) is 5.82 Å². The normalized spacial score (nSPS) is 14.6. The number of ether oxygens (including phenoxy) is 1. The molecule has 0 radical (unpaired) electrons. The molecule has 2 aromatic rings. The quantitative estimate of drug-likeness (QED) is 0.804. The Morgan fingerprint density at radius 2 is 1.94 bits per heavy atom. The van der Waals surface area contributed by atoms with E-state index in [9.17, 15) is 0 Å². The van der Waals surface area contributed by atoms with Crippen LogP contribution in [0.3, 0.4) is 0 Å². The lowest BCUT2D eigenvalue weighted by Crippen LogP contribution is -2.01. The third kappa shape index (κ3) is 2.61. The molecule has 3 nitrogen and oxygen atoms in total. The molecule has 0 amide bonds. The van der Waals surface area contributed by atoms with Crippen LogP contribution in [0.2, 0.25) is 0 Å². The first kappa shape index (κ1) is 10.3. The average Bonchev–Trinajstić information content (AvgIpc) is 3.22. The van der Waals surface area contributed by atoms with Crippen LogP contribution in [0.5, 0.6) is 5.88 Å². The van der Waals surface area contributed by atoms with Gasteiger partial charge in [0.2, 0.25) is 5.88 Å². The SMILES string of the molecule is c1ccc(-c2nccc(OCC3CC3)n2)cc1. The smallest absolute Gasteiger partial charge is 0.216 e. The lowest BCUT2D eigenvalue weighted by atomic mass is 10.2. The van der Waals surface area contributed by atoms with Crippen LogP contribution in [0.4, 0.5) is 0 Å². The molecule has 0 atom stereocenters. The first-order valence-corrected chi connectivity index (χ1v) is 5.93. The molecule has 0 aliphatic heterocycles. The first-order valence-electron chi connectivity index (χ1n) is 5.93. The van der Waals surface area contributed by atoms with Gasteiger partial charge in [0.1, 0.15) is 0 Å². The number of hydrogen-bond donors (Lipinski definition) is 0. The van der Waals surface area contributed by atoms with Gasteiger partial charge in [-0.15, -0.1) is 0 Å². The van der Waals surface area contributed by atoms with Gasteiger partial charge in [-0.2, -0.15) is 4.98 Å². The minimum Gasteiger partial charge on any atom is -0.477 e. The fourth-order valence-electron chi connectivity index (χ4n) is 1.64. The highest BCUT2D eigenvalue weighted by molar-refractivity contribution is 5.54. The van der Waals surface area contributed by atoms with Gasteiger partial charge < -0.3 is 4.74 Å². The van der Waals surface area contributed by atoms with Crippen LogP contribution in [-0.2, 0) is 0 Å². The second kappa shape index (κ2) is 4.53. The molecule has 1 saturated carbocycles. The highest BCUT2D eigenvalue weighted by Crippen LogP contribution is 2.29. The molecule has 0 N–H and O–H groups in total. The number of hydrogen-bond acceptors (Lipinski definition) is 3. The zero-order valence-corrected chi connectivity index (χ0v) is 9.54. The minimum absolute atomic E-state index is 0.672. The lowest BCUT2D eigenvalue weighted by Gasteiger charge is -2.05. The van der Waals surface area contributed by atoms with E-state index in [0.29, 0.717) is 5.88 Å². The molecule has 0 bridgehead atoms. The molecule has 0 saturated heterocycles. The predicted molar refractivity (Wildman–Crippen MR) is 65.7 cm³/mol. The van der Waals surface area contributed by atoms with Gasteiger partial charge in [0.25, 0.3) is 0 Å². The van der Waals surface area contributed by atoms with E-state index in [2.05, 4.69) is 9.97 Å². The molecule has 3 rings (SSSR count). The van der Waals surface area contributed by atoms with Crippen LogP contribution in [0, 0.1) is 5.92 Å². The molecule has 17 heavy (non-hydrogen) atoms. The Hall–Kier alpha value is -1.90. The Kier molecular flexibility index (Phi) is 2.74. The largest absolute Gasteiger partial charge is 0.477 e. The van der Waals surface area contributed by atoms with Crippen molar-refractivity contribution in [1.29, 1.82) is 0 Å². The third-order valence-electron chi connectivity index (χ3n) is 2.83. The highest BCUT2D eigenvalue weighted by Gasteiger charge is 2.22. The van der Waals surface area contributed by atoms with E-state index >= 15 is 0 Å². The van der Waals surface area contributed by atoms with E-state index in [-0.39, 0.29) is 0 Å². The Balaban J connectivity index is 1.78. The van der Waals surface area contributed by atoms with Gasteiger partial charge in [-0.1, -0.05) is 30.3 Å². The zero-order chi connectivity index (χ0) is 11.5. The van der Waals surface area contributed by atoms with Gasteiger partial charge in [0, 0.05) is 17.8 Å². The monoisotopic (exact) mass is 226 g/mol. The molecule has 3 heteroatoms. The number of aromatic nitrogens is 2. The summed E-state index contributed by atoms with van der Waals surface area (Å²) in [5, 5.41) is 0. The topological polar surface area (TPSA) is 35.0 Å². The van der Waals surface area contributed by atoms with Crippen LogP contribution in [0.15, 0.2) is 42.6 Å². The van der Waals surface area contributed by atoms with Crippen molar-refractivity contribution in [2.24, 2.45) is 5.92 Å². The van der Waals surface area contributed by atoms with E-state index in [1.807, 2.05) is 36.4 Å². The van der Waals surface area contributed by atoms with E-state index in [4.69, 9.17) is 4.74 Å². The van der Waals surface area contributed by atoms with Crippen molar-refractivity contribution >= 4 is 0 Å². The molecular formula is C14H14N2O. The Labute approximate surface area is 100 Å². The van der Waals surface area contributed by atoms with Crippen molar-refractivity contribution < 1.29 is 4.74 Å². The average molecular weight is 226 g/mol. The van der Waals surface area contributed by atoms with Crippen molar-refractivity contribution in [2.75, 3.05) is 6.61 Å². The Morgan fingerprint density at radius 3 is 2.71 bits per heavy atom. The molecule has 0 unspecified atom stereocenters. The summed E-state index contributed by atoms with van der Waals surface area (Å²) in [5.41, 5.74) is 1.02. The second-order valence-electron chi connectivity index (χ2n) is 4.34. The maximum atomic E-state index is 5.64. The van der Waals surface area contributed by atoms with Crippen LogP contribution in [0.1, 0.15) is 12.8 Å². The van der Waals surface area contributed by atoms with Crippen molar-refractivity contribution in [1.82, 2.24) is 9.97 Å². The van der Waals surface area contributed by atoms with Crippen molar-refractivity contribution in [3.63, 3.8) is 0 Å². The molecular weight excluding hydrogens is 212 g/mol. The standard InChI is InChI=1S/C14H14N2O/c1-2-4-12(5-3-1)14-15-9-8-13(16-14)17-10-11-6-7-11/h1-5,8-9,11H,6-7,10H2. The summed E-state index contributed by atoms with van der Waals surface area (Å²) >= 11 is 0. The van der Waals surface area contributed by atoms with Gasteiger partial charge in [0.05, 0.1) is 6.61 Å². The molecule has 86 valence electrons. The molecule has 1 aliphatic carbocycles. The van der Waals surface area contributed by atoms with E-state index in [0.717, 1.165) is 23.9 Å². The summed E-state index contributed by atoms with van der Waals surface area (Å²) in [6.07, 6.45) is 4.32. The van der Waals surface area contributed by atoms with Crippen molar-refractivity contribution in [2.45, 2.75) is 12.8 Å². The van der Waals surface area contributed by atoms with Crippen LogP contribution < -0.4 is 4.74 Å². The Morgan fingerprint density at radius 1 is 1.12 bits per heavy atom. The van der Waals surface area contributed by atoms with Crippen LogP contribution >= 0.6 is 0 Å². The third-order valence-corrected chi connectivity index (χ3v) is 2.83. The fourth-order valence-corrected chi connectivity index (χ4v) is 1.64. The summed E-state index contributed by atoms with van der Waals surface area (Å²) in [6, 6.07) is 11.8. The summed E-state index contributed by atoms with van der Waals surface area (Å²) in [6.45, 7) is 0.783. The van der Waals surface area contributed by atoms with Crippen molar-refractivity contribution in [3.05, 3.63) is 42.6 Å². The van der Waals surface area contributed by atoms with Gasteiger partial charge >= 0.3 is 0 Å². The predicted octanol–water partition coefficient (Wildman–Crippen LogP) is 2.93. The summed E-state index contributed by atoms with van der Waals surface area (Å²) in [7, 11) is 0. The molecule has 1 fully saturated rings. The molecule has 1 aromatic carbocycles. The van der Waals surface area contributed by atoms with Crippen LogP contribution in [-0.4, -0.2) is 16.6 Å². The van der Waals surface area contributed by atoms with E-state index < -0.39 is 0 Å². The lowest BCUT2D eigenvalue weighted by molar-refractivity contribution is 0.288. The summed E-state index contributed by atoms with van der Waals surface area (Å²) in [5.74, 6) is 2.13. The minimum atomic E-state index is 0.672. The van der Waals surface area contributed by atoms with Gasteiger partial charge in [-0.3, -0.25) is 0 Å². The number of nitrogens with zero attached hydrogens (tertiary/aromatic N) is 2. The fraction of sp³-hybridized carbons (Fsp3) is 0.286. The zero-order valence-electron chi connectivity index (χ0n) is 9.54. The first-order chi connectivity index (χ1) is 8.42. The molecule has 1 heterocycles. The number of benzene rings is 1. The van der Waals surface area contributed by atoms with E-state index in [1.54, 1.807) is 6.20 Å². The van der Waals surface area contributed by atoms with Crippen LogP contribution in [0.25, 0.3) is 11.4 Å². The maximum absolute atomic E-state index is 5.64. The second-order valence-corrected chi connectivity index (χ2v) is 4.34.